The average Bonchev–Trinajstić information content (AvgIpc) is 2.43. The summed E-state index contributed by atoms with van der Waals surface area (Å²) >= 11 is 1.96. The van der Waals surface area contributed by atoms with Gasteiger partial charge in [0, 0.05) is 20.5 Å². The van der Waals surface area contributed by atoms with Gasteiger partial charge in [0.1, 0.15) is 0 Å². The molecule has 0 aliphatic carbocycles. The van der Waals surface area contributed by atoms with Gasteiger partial charge in [0.2, 0.25) is 0 Å². The number of alkyl halides is 2. The van der Waals surface area contributed by atoms with Crippen molar-refractivity contribution in [3.05, 3.63) is 57.3 Å². The van der Waals surface area contributed by atoms with E-state index in [9.17, 15) is 17.6 Å². The van der Waals surface area contributed by atoms with E-state index in [0.29, 0.717) is 9.28 Å². The van der Waals surface area contributed by atoms with Crippen LogP contribution in [-0.2, 0) is 0 Å². The summed E-state index contributed by atoms with van der Waals surface area (Å²) in [5.74, 6) is -2.31. The second-order valence-corrected chi connectivity index (χ2v) is 5.65. The standard InChI is InChI=1S/C15H12F4INO/c1-8-12(20)3-4-13(21(8)7-14(18)19)9-5-10(16)15(22-2)11(17)6-9/h3-6,14H,1,7H2,2H3. The lowest BCUT2D eigenvalue weighted by molar-refractivity contribution is 0.123. The zero-order chi connectivity index (χ0) is 16.4. The Hall–Kier alpha value is -1.51. The van der Waals surface area contributed by atoms with Gasteiger partial charge in [0.25, 0.3) is 6.43 Å². The molecule has 0 N–H and O–H groups in total. The third-order valence-electron chi connectivity index (χ3n) is 3.10. The summed E-state index contributed by atoms with van der Waals surface area (Å²) < 4.78 is 58.5. The van der Waals surface area contributed by atoms with Crippen LogP contribution in [0.1, 0.15) is 5.56 Å². The van der Waals surface area contributed by atoms with E-state index in [4.69, 9.17) is 0 Å². The molecule has 0 unspecified atom stereocenters. The highest BCUT2D eigenvalue weighted by Crippen LogP contribution is 2.36. The predicted molar refractivity (Wildman–Crippen MR) is 84.8 cm³/mol. The van der Waals surface area contributed by atoms with Gasteiger partial charge < -0.3 is 9.64 Å². The molecule has 0 radical (unpaired) electrons. The Morgan fingerprint density at radius 1 is 1.23 bits per heavy atom. The van der Waals surface area contributed by atoms with Crippen molar-refractivity contribution < 1.29 is 22.3 Å². The van der Waals surface area contributed by atoms with Crippen LogP contribution in [0.3, 0.4) is 0 Å². The van der Waals surface area contributed by atoms with E-state index in [1.165, 1.54) is 11.0 Å². The molecular formula is C15H12F4INO. The summed E-state index contributed by atoms with van der Waals surface area (Å²) in [5, 5.41) is 0. The fourth-order valence-corrected chi connectivity index (χ4v) is 2.58. The lowest BCUT2D eigenvalue weighted by Gasteiger charge is -2.31. The fourth-order valence-electron chi connectivity index (χ4n) is 2.11. The van der Waals surface area contributed by atoms with Crippen LogP contribution in [-0.4, -0.2) is 25.0 Å². The monoisotopic (exact) mass is 425 g/mol. The van der Waals surface area contributed by atoms with Crippen molar-refractivity contribution in [2.75, 3.05) is 13.7 Å². The van der Waals surface area contributed by atoms with Gasteiger partial charge in [-0.3, -0.25) is 0 Å². The van der Waals surface area contributed by atoms with Crippen LogP contribution in [0, 0.1) is 11.6 Å². The Morgan fingerprint density at radius 3 is 2.32 bits per heavy atom. The zero-order valence-electron chi connectivity index (χ0n) is 11.5. The molecule has 1 heterocycles. The van der Waals surface area contributed by atoms with Crippen LogP contribution in [0.4, 0.5) is 17.6 Å². The topological polar surface area (TPSA) is 12.5 Å². The van der Waals surface area contributed by atoms with E-state index in [2.05, 4.69) is 11.3 Å². The third kappa shape index (κ3) is 3.29. The Morgan fingerprint density at radius 2 is 1.82 bits per heavy atom. The minimum absolute atomic E-state index is 0.137. The number of nitrogens with zero attached hydrogens (tertiary/aromatic N) is 1. The van der Waals surface area contributed by atoms with Gasteiger partial charge in [0.05, 0.1) is 13.7 Å². The first-order valence-corrected chi connectivity index (χ1v) is 7.29. The molecule has 1 aromatic carbocycles. The van der Waals surface area contributed by atoms with Gasteiger partial charge in [-0.15, -0.1) is 0 Å². The maximum atomic E-state index is 13.8. The first kappa shape index (κ1) is 16.9. The van der Waals surface area contributed by atoms with E-state index in [-0.39, 0.29) is 11.3 Å². The lowest BCUT2D eigenvalue weighted by atomic mass is 10.1. The quantitative estimate of drug-likeness (QED) is 0.511. The molecule has 0 saturated carbocycles. The van der Waals surface area contributed by atoms with Gasteiger partial charge in [-0.1, -0.05) is 6.58 Å². The van der Waals surface area contributed by atoms with Gasteiger partial charge >= 0.3 is 0 Å². The van der Waals surface area contributed by atoms with Gasteiger partial charge in [0.15, 0.2) is 17.4 Å². The lowest BCUT2D eigenvalue weighted by Crippen LogP contribution is -2.28. The number of benzene rings is 1. The maximum absolute atomic E-state index is 13.8. The summed E-state index contributed by atoms with van der Waals surface area (Å²) in [6.07, 6.45) is 0.565. The number of ether oxygens (including phenoxy) is 1. The molecule has 7 heteroatoms. The summed E-state index contributed by atoms with van der Waals surface area (Å²) in [4.78, 5) is 1.24. The van der Waals surface area contributed by atoms with Crippen LogP contribution in [0.5, 0.6) is 5.75 Å². The Kier molecular flexibility index (Phi) is 5.15. The van der Waals surface area contributed by atoms with E-state index in [1.807, 2.05) is 22.6 Å². The summed E-state index contributed by atoms with van der Waals surface area (Å²) in [5.41, 5.74) is 0.749. The number of rotatable bonds is 4. The highest BCUT2D eigenvalue weighted by Gasteiger charge is 2.24. The van der Waals surface area contributed by atoms with E-state index in [0.717, 1.165) is 19.2 Å². The molecule has 0 aromatic heterocycles. The van der Waals surface area contributed by atoms with E-state index >= 15 is 0 Å². The Labute approximate surface area is 138 Å². The fraction of sp³-hybridized carbons (Fsp3) is 0.200. The van der Waals surface area contributed by atoms with Crippen molar-refractivity contribution in [1.82, 2.24) is 4.90 Å². The highest BCUT2D eigenvalue weighted by molar-refractivity contribution is 14.1. The van der Waals surface area contributed by atoms with Crippen LogP contribution in [0.2, 0.25) is 0 Å². The minimum Gasteiger partial charge on any atom is -0.491 e. The number of methoxy groups -OCH3 is 1. The number of allylic oxidation sites excluding steroid dienone is 3. The smallest absolute Gasteiger partial charge is 0.256 e. The summed E-state index contributed by atoms with van der Waals surface area (Å²) in [6.45, 7) is 3.14. The molecule has 2 nitrogen and oxygen atoms in total. The third-order valence-corrected chi connectivity index (χ3v) is 4.08. The van der Waals surface area contributed by atoms with Gasteiger partial charge in [-0.25, -0.2) is 17.6 Å². The van der Waals surface area contributed by atoms with Crippen molar-refractivity contribution in [2.24, 2.45) is 0 Å². The molecule has 2 rings (SSSR count). The summed E-state index contributed by atoms with van der Waals surface area (Å²) in [7, 11) is 1.15. The zero-order valence-corrected chi connectivity index (χ0v) is 13.7. The second kappa shape index (κ2) is 6.72. The molecule has 0 fully saturated rings. The maximum Gasteiger partial charge on any atom is 0.256 e. The summed E-state index contributed by atoms with van der Waals surface area (Å²) in [6, 6.07) is 2.09. The molecule has 0 saturated heterocycles. The minimum atomic E-state index is -2.62. The van der Waals surface area contributed by atoms with Crippen LogP contribution in [0.15, 0.2) is 40.1 Å². The molecule has 1 aliphatic heterocycles. The molecule has 0 atom stereocenters. The van der Waals surface area contributed by atoms with Crippen molar-refractivity contribution in [3.8, 4) is 5.75 Å². The molecule has 1 aliphatic rings. The average molecular weight is 425 g/mol. The van der Waals surface area contributed by atoms with Crippen molar-refractivity contribution in [3.63, 3.8) is 0 Å². The normalized spacial score (nSPS) is 15.0. The highest BCUT2D eigenvalue weighted by atomic mass is 127. The molecule has 0 amide bonds. The van der Waals surface area contributed by atoms with Crippen molar-refractivity contribution in [1.29, 1.82) is 0 Å². The largest absolute Gasteiger partial charge is 0.491 e. The number of halogens is 5. The first-order valence-electron chi connectivity index (χ1n) is 6.21. The van der Waals surface area contributed by atoms with Gasteiger partial charge in [-0.05, 0) is 46.9 Å². The van der Waals surface area contributed by atoms with Crippen LogP contribution >= 0.6 is 22.6 Å². The Bertz CT molecular complexity index is 647. The van der Waals surface area contributed by atoms with Crippen LogP contribution in [0.25, 0.3) is 5.70 Å². The number of hydrogen-bond donors (Lipinski definition) is 0. The molecule has 118 valence electrons. The van der Waals surface area contributed by atoms with E-state index in [1.54, 1.807) is 6.08 Å². The molecular weight excluding hydrogens is 413 g/mol. The molecule has 22 heavy (non-hydrogen) atoms. The predicted octanol–water partition coefficient (Wildman–Crippen LogP) is 4.73. The SMILES string of the molecule is C=C1C(I)=CC=C(c2cc(F)c(OC)c(F)c2)N1CC(F)F. The van der Waals surface area contributed by atoms with Crippen LogP contribution < -0.4 is 4.74 Å². The molecule has 0 bridgehead atoms. The molecule has 0 spiro atoms. The number of hydrogen-bond acceptors (Lipinski definition) is 2. The first-order chi connectivity index (χ1) is 10.3. The molecule has 1 aromatic rings. The van der Waals surface area contributed by atoms with Crippen molar-refractivity contribution in [2.45, 2.75) is 6.43 Å². The van der Waals surface area contributed by atoms with Gasteiger partial charge in [-0.2, -0.15) is 0 Å². The van der Waals surface area contributed by atoms with Crippen molar-refractivity contribution >= 4 is 28.3 Å². The Balaban J connectivity index is 2.51. The second-order valence-electron chi connectivity index (χ2n) is 4.49. The van der Waals surface area contributed by atoms with E-state index < -0.39 is 30.4 Å².